The van der Waals surface area contributed by atoms with Gasteiger partial charge in [0.05, 0.1) is 18.0 Å². The molecule has 86 valence electrons. The van der Waals surface area contributed by atoms with Crippen molar-refractivity contribution in [2.24, 2.45) is 0 Å². The van der Waals surface area contributed by atoms with Crippen molar-refractivity contribution in [2.45, 2.75) is 0 Å². The Hall–Kier alpha value is -2.55. The monoisotopic (exact) mass is 242 g/mol. The minimum atomic E-state index is -0.528. The molecule has 0 atom stereocenters. The largest absolute Gasteiger partial charge is 0.264 e. The molecule has 0 aromatic carbocycles. The van der Waals surface area contributed by atoms with Crippen LogP contribution in [0.4, 0.5) is 0 Å². The highest BCUT2D eigenvalue weighted by molar-refractivity contribution is 5.69. The number of aromatic nitrogens is 3. The summed E-state index contributed by atoms with van der Waals surface area (Å²) in [6, 6.07) is 0.873. The highest BCUT2D eigenvalue weighted by atomic mass is 14.7. The molecule has 3 aromatic heterocycles. The van der Waals surface area contributed by atoms with Gasteiger partial charge in [0.2, 0.25) is 0 Å². The Morgan fingerprint density at radius 1 is 0.833 bits per heavy atom. The summed E-state index contributed by atoms with van der Waals surface area (Å²) in [7, 11) is 0. The van der Waals surface area contributed by atoms with E-state index in [0.29, 0.717) is 0 Å². The Morgan fingerprint density at radius 2 is 1.67 bits per heavy atom. The fraction of sp³-hybridized carbons (Fsp3) is 0. The van der Waals surface area contributed by atoms with E-state index in [1.807, 2.05) is 0 Å². The van der Waals surface area contributed by atoms with Gasteiger partial charge in [-0.2, -0.15) is 0 Å². The van der Waals surface area contributed by atoms with Crippen LogP contribution in [-0.4, -0.2) is 15.0 Å². The molecule has 0 saturated heterocycles. The van der Waals surface area contributed by atoms with Crippen molar-refractivity contribution < 1.29 is 12.3 Å². The van der Waals surface area contributed by atoms with Crippen molar-refractivity contribution in [1.29, 1.82) is 0 Å². The number of nitrogens with zero attached hydrogens (tertiary/aromatic N) is 3. The van der Waals surface area contributed by atoms with E-state index in [1.165, 1.54) is 12.1 Å². The molecule has 0 aliphatic rings. The second-order valence-corrected chi connectivity index (χ2v) is 3.29. The molecule has 18 heavy (non-hydrogen) atoms. The fourth-order valence-corrected chi connectivity index (χ4v) is 1.37. The first-order valence-corrected chi connectivity index (χ1v) is 5.00. The number of hydrogen-bond donors (Lipinski definition) is 0. The van der Waals surface area contributed by atoms with Crippen LogP contribution in [0, 0.1) is 0 Å². The topological polar surface area (TPSA) is 38.7 Å². The van der Waals surface area contributed by atoms with Crippen LogP contribution in [0.25, 0.3) is 22.4 Å². The van der Waals surface area contributed by atoms with E-state index >= 15 is 0 Å². The summed E-state index contributed by atoms with van der Waals surface area (Å²) in [4.78, 5) is 11.1. The Kier molecular flexibility index (Phi) is 1.22. The molecule has 3 nitrogen and oxygen atoms in total. The van der Waals surface area contributed by atoms with Crippen LogP contribution in [0.2, 0.25) is 0 Å². The normalized spacial score (nSPS) is 17.2. The zero-order valence-electron chi connectivity index (χ0n) is 18.0. The Labute approximate surface area is 118 Å². The molecule has 0 radical (unpaired) electrons. The van der Waals surface area contributed by atoms with Crippen molar-refractivity contribution in [3.05, 3.63) is 67.2 Å². The summed E-state index contributed by atoms with van der Waals surface area (Å²) in [5.74, 6) is 0. The smallest absolute Gasteiger partial charge is 0.0847 e. The molecule has 0 spiro atoms. The molecule has 3 aromatic rings. The van der Waals surface area contributed by atoms with E-state index < -0.39 is 36.8 Å². The van der Waals surface area contributed by atoms with E-state index in [1.54, 1.807) is 0 Å². The van der Waals surface area contributed by atoms with Gasteiger partial charge in [-0.05, 0) is 35.8 Å². The van der Waals surface area contributed by atoms with Gasteiger partial charge in [0, 0.05) is 42.0 Å². The van der Waals surface area contributed by atoms with Crippen LogP contribution in [0.5, 0.6) is 0 Å². The van der Waals surface area contributed by atoms with Gasteiger partial charge in [-0.25, -0.2) is 0 Å². The maximum atomic E-state index is 8.05. The van der Waals surface area contributed by atoms with Crippen LogP contribution in [0.3, 0.4) is 0 Å². The van der Waals surface area contributed by atoms with Gasteiger partial charge in [-0.1, -0.05) is 6.07 Å². The van der Waals surface area contributed by atoms with Gasteiger partial charge in [-0.3, -0.25) is 15.0 Å². The number of hydrogen-bond acceptors (Lipinski definition) is 3. The average Bonchev–Trinajstić information content (AvgIpc) is 2.59. The molecule has 0 aliphatic heterocycles. The lowest BCUT2D eigenvalue weighted by molar-refractivity contribution is 1.27. The first kappa shape index (κ1) is 4.61. The van der Waals surface area contributed by atoms with Crippen molar-refractivity contribution in [3.8, 4) is 22.4 Å². The molecule has 0 unspecified atom stereocenters. The Morgan fingerprint density at radius 3 is 2.61 bits per heavy atom. The predicted molar refractivity (Wildman–Crippen MR) is 70.7 cm³/mol. The fourth-order valence-electron chi connectivity index (χ4n) is 1.37. The highest BCUT2D eigenvalue weighted by Crippen LogP contribution is 2.23. The second kappa shape index (κ2) is 4.75. The third-order valence-electron chi connectivity index (χ3n) is 2.17. The Balaban J connectivity index is 2.32. The van der Waals surface area contributed by atoms with Crippen LogP contribution >= 0.6 is 0 Å². The summed E-state index contributed by atoms with van der Waals surface area (Å²) in [5.41, 5.74) is -0.194. The van der Waals surface area contributed by atoms with Crippen molar-refractivity contribution in [2.75, 3.05) is 0 Å². The molecule has 0 saturated carbocycles. The van der Waals surface area contributed by atoms with Gasteiger partial charge < -0.3 is 0 Å². The zero-order valence-corrected chi connectivity index (χ0v) is 9.00. The lowest BCUT2D eigenvalue weighted by atomic mass is 10.1. The van der Waals surface area contributed by atoms with Gasteiger partial charge in [0.1, 0.15) is 0 Å². The third kappa shape index (κ3) is 2.11. The van der Waals surface area contributed by atoms with Gasteiger partial charge in [0.25, 0.3) is 0 Å². The standard InChI is InChI=1S/C15H11N3/c1-3-13(10-16-6-1)12-5-8-18-15(9-12)14-4-2-7-17-11-14/h1-11H/i1D,2D,4D,5D,6D,7D,8D,10D,11D. The van der Waals surface area contributed by atoms with Crippen LogP contribution in [-0.2, 0) is 0 Å². The van der Waals surface area contributed by atoms with Crippen molar-refractivity contribution in [1.82, 2.24) is 15.0 Å². The van der Waals surface area contributed by atoms with Crippen LogP contribution in [0.1, 0.15) is 12.3 Å². The first-order valence-electron chi connectivity index (χ1n) is 9.50. The molecular formula is C15H11N3. The minimum Gasteiger partial charge on any atom is -0.264 e. The summed E-state index contributed by atoms with van der Waals surface area (Å²) < 4.78 is 70.2. The number of rotatable bonds is 2. The average molecular weight is 242 g/mol. The second-order valence-electron chi connectivity index (χ2n) is 3.29. The van der Waals surface area contributed by atoms with E-state index in [4.69, 9.17) is 12.3 Å². The minimum absolute atomic E-state index is 0.0243. The summed E-state index contributed by atoms with van der Waals surface area (Å²) >= 11 is 0. The molecule has 3 heterocycles. The summed E-state index contributed by atoms with van der Waals surface area (Å²) in [5, 5.41) is 0. The molecular weight excluding hydrogens is 222 g/mol. The van der Waals surface area contributed by atoms with Crippen LogP contribution < -0.4 is 0 Å². The number of pyridine rings is 3. The van der Waals surface area contributed by atoms with Gasteiger partial charge in [-0.15, -0.1) is 0 Å². The van der Waals surface area contributed by atoms with Crippen LogP contribution in [0.15, 0.2) is 67.2 Å². The maximum absolute atomic E-state index is 8.05. The summed E-state index contributed by atoms with van der Waals surface area (Å²) in [6.07, 6.45) is -2.25. The lowest BCUT2D eigenvalue weighted by Gasteiger charge is -2.04. The molecule has 0 bridgehead atoms. The zero-order chi connectivity index (χ0) is 20.0. The predicted octanol–water partition coefficient (Wildman–Crippen LogP) is 3.21. The molecule has 0 amide bonds. The highest BCUT2D eigenvalue weighted by Gasteiger charge is 2.02. The third-order valence-corrected chi connectivity index (χ3v) is 2.17. The summed E-state index contributed by atoms with van der Waals surface area (Å²) in [6.45, 7) is 0. The van der Waals surface area contributed by atoms with Crippen molar-refractivity contribution >= 4 is 0 Å². The Bertz CT molecular complexity index is 1090. The van der Waals surface area contributed by atoms with E-state index in [-0.39, 0.29) is 40.6 Å². The van der Waals surface area contributed by atoms with Gasteiger partial charge in [0.15, 0.2) is 0 Å². The van der Waals surface area contributed by atoms with E-state index in [0.717, 1.165) is 0 Å². The molecule has 3 rings (SSSR count). The lowest BCUT2D eigenvalue weighted by Crippen LogP contribution is -1.86. The van der Waals surface area contributed by atoms with Crippen molar-refractivity contribution in [3.63, 3.8) is 0 Å². The SMILES string of the molecule is [2H]c1cc(-c2cc(-c3c([2H])nc([2H])c([2H])c3[2H])nc([2H])c2[2H])c([2H])nc1[2H]. The molecule has 0 fully saturated rings. The van der Waals surface area contributed by atoms with E-state index in [9.17, 15) is 0 Å². The maximum Gasteiger partial charge on any atom is 0.0847 e. The molecule has 3 heteroatoms. The molecule has 0 N–H and O–H groups in total. The quantitative estimate of drug-likeness (QED) is 0.692. The van der Waals surface area contributed by atoms with Gasteiger partial charge >= 0.3 is 0 Å². The molecule has 0 aliphatic carbocycles. The first-order chi connectivity index (χ1) is 12.6. The van der Waals surface area contributed by atoms with E-state index in [2.05, 4.69) is 15.0 Å².